The Morgan fingerprint density at radius 2 is 2.06 bits per heavy atom. The van der Waals surface area contributed by atoms with Gasteiger partial charge in [-0.2, -0.15) is 5.10 Å². The lowest BCUT2D eigenvalue weighted by atomic mass is 10.00. The monoisotopic (exact) mass is 228 g/mol. The Morgan fingerprint density at radius 3 is 2.71 bits per heavy atom. The zero-order chi connectivity index (χ0) is 12.4. The van der Waals surface area contributed by atoms with Gasteiger partial charge in [-0.1, -0.05) is 23.8 Å². The minimum Gasteiger partial charge on any atom is -0.292 e. The Morgan fingerprint density at radius 1 is 1.29 bits per heavy atom. The van der Waals surface area contributed by atoms with Gasteiger partial charge in [0.05, 0.1) is 0 Å². The van der Waals surface area contributed by atoms with E-state index in [0.29, 0.717) is 12.1 Å². The fourth-order valence-electron chi connectivity index (χ4n) is 1.90. The molecular formula is C14H16N2O. The molecule has 1 aromatic carbocycles. The van der Waals surface area contributed by atoms with E-state index < -0.39 is 0 Å². The van der Waals surface area contributed by atoms with Crippen molar-refractivity contribution in [2.45, 2.75) is 20.3 Å². The van der Waals surface area contributed by atoms with Crippen molar-refractivity contribution in [1.82, 2.24) is 9.78 Å². The van der Waals surface area contributed by atoms with E-state index in [2.05, 4.69) is 23.3 Å². The molecular weight excluding hydrogens is 212 g/mol. The molecule has 1 heterocycles. The van der Waals surface area contributed by atoms with Gasteiger partial charge in [0.15, 0.2) is 5.78 Å². The molecule has 0 fully saturated rings. The van der Waals surface area contributed by atoms with E-state index >= 15 is 0 Å². The molecule has 0 saturated carbocycles. The number of Topliss-reactive ketones (excluding diaryl/α,β-unsaturated/α-hetero) is 1. The molecule has 0 spiro atoms. The van der Waals surface area contributed by atoms with Crippen molar-refractivity contribution in [3.8, 4) is 0 Å². The highest BCUT2D eigenvalue weighted by Crippen LogP contribution is 2.13. The maximum Gasteiger partial charge on any atom is 0.185 e. The summed E-state index contributed by atoms with van der Waals surface area (Å²) in [7, 11) is 1.79. The van der Waals surface area contributed by atoms with E-state index in [0.717, 1.165) is 11.1 Å². The normalized spacial score (nSPS) is 10.5. The maximum atomic E-state index is 12.1. The summed E-state index contributed by atoms with van der Waals surface area (Å²) in [5.41, 5.74) is 4.09. The molecule has 3 nitrogen and oxygen atoms in total. The van der Waals surface area contributed by atoms with E-state index in [4.69, 9.17) is 0 Å². The first-order valence-electron chi connectivity index (χ1n) is 5.65. The van der Waals surface area contributed by atoms with Gasteiger partial charge in [0.25, 0.3) is 0 Å². The van der Waals surface area contributed by atoms with E-state index in [1.807, 2.05) is 13.8 Å². The standard InChI is InChI=1S/C14H16N2O/c1-10-4-5-11(2)12(8-10)9-14(17)13-6-7-15-16(13)3/h4-8H,9H2,1-3H3. The SMILES string of the molecule is Cc1ccc(C)c(CC(=O)c2ccnn2C)c1. The smallest absolute Gasteiger partial charge is 0.185 e. The van der Waals surface area contributed by atoms with Crippen molar-refractivity contribution in [2.75, 3.05) is 0 Å². The van der Waals surface area contributed by atoms with Crippen LogP contribution in [0.4, 0.5) is 0 Å². The third-order valence-electron chi connectivity index (χ3n) is 2.96. The second kappa shape index (κ2) is 4.53. The molecule has 17 heavy (non-hydrogen) atoms. The van der Waals surface area contributed by atoms with Crippen LogP contribution in [0.15, 0.2) is 30.5 Å². The van der Waals surface area contributed by atoms with Crippen LogP contribution in [0, 0.1) is 13.8 Å². The maximum absolute atomic E-state index is 12.1. The van der Waals surface area contributed by atoms with Gasteiger partial charge >= 0.3 is 0 Å². The Bertz CT molecular complexity index is 555. The third kappa shape index (κ3) is 2.44. The summed E-state index contributed by atoms with van der Waals surface area (Å²) in [6.07, 6.45) is 2.09. The number of rotatable bonds is 3. The van der Waals surface area contributed by atoms with Crippen molar-refractivity contribution in [3.63, 3.8) is 0 Å². The number of aryl methyl sites for hydroxylation is 3. The Hall–Kier alpha value is -1.90. The van der Waals surface area contributed by atoms with E-state index in [1.54, 1.807) is 24.0 Å². The van der Waals surface area contributed by atoms with Crippen LogP contribution in [0.1, 0.15) is 27.2 Å². The second-order valence-electron chi connectivity index (χ2n) is 4.37. The number of hydrogen-bond donors (Lipinski definition) is 0. The van der Waals surface area contributed by atoms with Gasteiger partial charge in [-0.25, -0.2) is 0 Å². The molecule has 0 N–H and O–H groups in total. The van der Waals surface area contributed by atoms with Crippen molar-refractivity contribution in [3.05, 3.63) is 52.8 Å². The summed E-state index contributed by atoms with van der Waals surface area (Å²) in [5.74, 6) is 0.110. The van der Waals surface area contributed by atoms with Crippen LogP contribution >= 0.6 is 0 Å². The van der Waals surface area contributed by atoms with Gasteiger partial charge < -0.3 is 0 Å². The molecule has 2 rings (SSSR count). The zero-order valence-corrected chi connectivity index (χ0v) is 10.4. The van der Waals surface area contributed by atoms with Crippen LogP contribution in [0.25, 0.3) is 0 Å². The van der Waals surface area contributed by atoms with Crippen LogP contribution in [-0.2, 0) is 13.5 Å². The molecule has 0 bridgehead atoms. The lowest BCUT2D eigenvalue weighted by Crippen LogP contribution is -2.10. The molecule has 88 valence electrons. The number of benzene rings is 1. The lowest BCUT2D eigenvalue weighted by Gasteiger charge is -2.06. The summed E-state index contributed by atoms with van der Waals surface area (Å²) < 4.78 is 1.62. The summed E-state index contributed by atoms with van der Waals surface area (Å²) in [5, 5.41) is 4.02. The molecule has 0 atom stereocenters. The van der Waals surface area contributed by atoms with Crippen LogP contribution in [0.2, 0.25) is 0 Å². The first-order chi connectivity index (χ1) is 8.08. The highest BCUT2D eigenvalue weighted by Gasteiger charge is 2.12. The molecule has 0 aliphatic heterocycles. The molecule has 3 heteroatoms. The van der Waals surface area contributed by atoms with Gasteiger partial charge in [-0.05, 0) is 31.0 Å². The zero-order valence-electron chi connectivity index (χ0n) is 10.4. The second-order valence-corrected chi connectivity index (χ2v) is 4.37. The molecule has 1 aromatic heterocycles. The molecule has 2 aromatic rings. The number of carbonyl (C=O) groups is 1. The molecule has 0 unspecified atom stereocenters. The molecule has 0 amide bonds. The topological polar surface area (TPSA) is 34.9 Å². The quantitative estimate of drug-likeness (QED) is 0.756. The van der Waals surface area contributed by atoms with Crippen LogP contribution in [-0.4, -0.2) is 15.6 Å². The summed E-state index contributed by atoms with van der Waals surface area (Å²) in [4.78, 5) is 12.1. The lowest BCUT2D eigenvalue weighted by molar-refractivity contribution is 0.0984. The van der Waals surface area contributed by atoms with Crippen molar-refractivity contribution >= 4 is 5.78 Å². The van der Waals surface area contributed by atoms with Crippen molar-refractivity contribution in [2.24, 2.45) is 7.05 Å². The minimum atomic E-state index is 0.110. The molecule has 0 saturated heterocycles. The number of aromatic nitrogens is 2. The Kier molecular flexibility index (Phi) is 3.09. The molecule has 0 radical (unpaired) electrons. The summed E-state index contributed by atoms with van der Waals surface area (Å²) >= 11 is 0. The minimum absolute atomic E-state index is 0.110. The Balaban J connectivity index is 2.24. The van der Waals surface area contributed by atoms with Gasteiger partial charge in [-0.3, -0.25) is 9.48 Å². The average Bonchev–Trinajstić information content (AvgIpc) is 2.70. The van der Waals surface area contributed by atoms with Gasteiger partial charge in [0, 0.05) is 19.7 Å². The van der Waals surface area contributed by atoms with Gasteiger partial charge in [0.2, 0.25) is 0 Å². The van der Waals surface area contributed by atoms with Gasteiger partial charge in [-0.15, -0.1) is 0 Å². The fourth-order valence-corrected chi connectivity index (χ4v) is 1.90. The van der Waals surface area contributed by atoms with Crippen molar-refractivity contribution < 1.29 is 4.79 Å². The largest absolute Gasteiger partial charge is 0.292 e. The third-order valence-corrected chi connectivity index (χ3v) is 2.96. The van der Waals surface area contributed by atoms with Crippen LogP contribution in [0.5, 0.6) is 0 Å². The number of hydrogen-bond acceptors (Lipinski definition) is 2. The molecule has 0 aliphatic rings. The van der Waals surface area contributed by atoms with Crippen LogP contribution < -0.4 is 0 Å². The summed E-state index contributed by atoms with van der Waals surface area (Å²) in [6, 6.07) is 7.95. The van der Waals surface area contributed by atoms with E-state index in [-0.39, 0.29) is 5.78 Å². The number of ketones is 1. The van der Waals surface area contributed by atoms with E-state index in [1.165, 1.54) is 5.56 Å². The fraction of sp³-hybridized carbons (Fsp3) is 0.286. The average molecular weight is 228 g/mol. The predicted octanol–water partition coefficient (Wildman–Crippen LogP) is 2.46. The van der Waals surface area contributed by atoms with E-state index in [9.17, 15) is 4.79 Å². The number of carbonyl (C=O) groups excluding carboxylic acids is 1. The number of nitrogens with zero attached hydrogens (tertiary/aromatic N) is 2. The highest BCUT2D eigenvalue weighted by atomic mass is 16.1. The highest BCUT2D eigenvalue weighted by molar-refractivity contribution is 5.96. The Labute approximate surface area is 101 Å². The van der Waals surface area contributed by atoms with Gasteiger partial charge in [0.1, 0.15) is 5.69 Å². The van der Waals surface area contributed by atoms with Crippen LogP contribution in [0.3, 0.4) is 0 Å². The first-order valence-corrected chi connectivity index (χ1v) is 5.65. The summed E-state index contributed by atoms with van der Waals surface area (Å²) in [6.45, 7) is 4.07. The molecule has 0 aliphatic carbocycles. The first kappa shape index (κ1) is 11.6. The predicted molar refractivity (Wildman–Crippen MR) is 67.2 cm³/mol. The van der Waals surface area contributed by atoms with Crippen molar-refractivity contribution in [1.29, 1.82) is 0 Å².